The van der Waals surface area contributed by atoms with E-state index in [1.165, 1.54) is 11.1 Å². The quantitative estimate of drug-likeness (QED) is 0.525. The molecule has 0 aliphatic carbocycles. The average Bonchev–Trinajstić information content (AvgIpc) is 2.13. The highest BCUT2D eigenvalue weighted by Crippen LogP contribution is 2.12. The van der Waals surface area contributed by atoms with E-state index < -0.39 is 5.97 Å². The summed E-state index contributed by atoms with van der Waals surface area (Å²) in [5.41, 5.74) is 2.65. The van der Waals surface area contributed by atoms with Gasteiger partial charge in [-0.1, -0.05) is 23.3 Å². The number of hydrogen-bond acceptors (Lipinski definition) is 2. The molecule has 2 nitrogen and oxygen atoms in total. The Morgan fingerprint density at radius 1 is 1.31 bits per heavy atom. The normalized spacial score (nSPS) is 13.4. The van der Waals surface area contributed by atoms with Gasteiger partial charge in [0, 0.05) is 5.25 Å². The molecule has 1 unspecified atom stereocenters. The lowest BCUT2D eigenvalue weighted by molar-refractivity contribution is -0.136. The molecule has 3 heteroatoms. The number of thiol groups is 1. The summed E-state index contributed by atoms with van der Waals surface area (Å²) in [7, 11) is 0. The molecule has 0 saturated heterocycles. The first-order valence-electron chi connectivity index (χ1n) is 5.60. The smallest absolute Gasteiger partial charge is 0.304 e. The minimum Gasteiger partial charge on any atom is -0.481 e. The molecule has 0 radical (unpaired) electrons. The zero-order valence-electron chi connectivity index (χ0n) is 10.4. The van der Waals surface area contributed by atoms with Crippen molar-refractivity contribution in [2.75, 3.05) is 0 Å². The van der Waals surface area contributed by atoms with Crippen LogP contribution in [0.25, 0.3) is 0 Å². The fourth-order valence-electron chi connectivity index (χ4n) is 1.31. The number of allylic oxidation sites excluding steroid dienone is 4. The van der Waals surface area contributed by atoms with E-state index in [9.17, 15) is 4.79 Å². The largest absolute Gasteiger partial charge is 0.481 e. The fraction of sp³-hybridized carbons (Fsp3) is 0.615. The lowest BCUT2D eigenvalue weighted by Crippen LogP contribution is -2.06. The van der Waals surface area contributed by atoms with Crippen LogP contribution in [0.3, 0.4) is 0 Å². The summed E-state index contributed by atoms with van der Waals surface area (Å²) in [6.45, 7) is 6.27. The number of carboxylic acids is 1. The number of hydrogen-bond donors (Lipinski definition) is 2. The second-order valence-electron chi connectivity index (χ2n) is 4.36. The van der Waals surface area contributed by atoms with Crippen molar-refractivity contribution in [3.05, 3.63) is 23.3 Å². The van der Waals surface area contributed by atoms with Crippen LogP contribution in [0, 0.1) is 0 Å². The molecule has 92 valence electrons. The van der Waals surface area contributed by atoms with E-state index in [1.807, 2.05) is 0 Å². The maximum absolute atomic E-state index is 10.4. The summed E-state index contributed by atoms with van der Waals surface area (Å²) < 4.78 is 0. The SMILES string of the molecule is CC(C)=CCC/C(C)=C/CC(S)CC(=O)O. The summed E-state index contributed by atoms with van der Waals surface area (Å²) in [5.74, 6) is -0.782. The third kappa shape index (κ3) is 9.84. The highest BCUT2D eigenvalue weighted by Gasteiger charge is 2.06. The molecule has 0 saturated carbocycles. The molecule has 0 spiro atoms. The van der Waals surface area contributed by atoms with Crippen LogP contribution < -0.4 is 0 Å². The van der Waals surface area contributed by atoms with E-state index in [4.69, 9.17) is 5.11 Å². The lowest BCUT2D eigenvalue weighted by atomic mass is 10.1. The van der Waals surface area contributed by atoms with Crippen molar-refractivity contribution >= 4 is 18.6 Å². The van der Waals surface area contributed by atoms with Gasteiger partial charge < -0.3 is 5.11 Å². The predicted octanol–water partition coefficient (Wildman–Crippen LogP) is 3.84. The van der Waals surface area contributed by atoms with E-state index in [0.717, 1.165) is 19.3 Å². The van der Waals surface area contributed by atoms with E-state index in [2.05, 4.69) is 45.6 Å². The highest BCUT2D eigenvalue weighted by atomic mass is 32.1. The van der Waals surface area contributed by atoms with Crippen molar-refractivity contribution in [1.29, 1.82) is 0 Å². The molecule has 0 heterocycles. The molecular weight excluding hydrogens is 220 g/mol. The van der Waals surface area contributed by atoms with E-state index in [-0.39, 0.29) is 11.7 Å². The zero-order valence-corrected chi connectivity index (χ0v) is 11.3. The monoisotopic (exact) mass is 242 g/mol. The van der Waals surface area contributed by atoms with Crippen LogP contribution in [0.2, 0.25) is 0 Å². The molecular formula is C13H22O2S. The molecule has 0 rings (SSSR count). The Labute approximate surface area is 104 Å². The standard InChI is InChI=1S/C13H22O2S/c1-10(2)5-4-6-11(3)7-8-12(16)9-13(14)15/h5,7,12,16H,4,6,8-9H2,1-3H3,(H,14,15)/b11-7+. The lowest BCUT2D eigenvalue weighted by Gasteiger charge is -2.05. The summed E-state index contributed by atoms with van der Waals surface area (Å²) in [6.07, 6.45) is 7.27. The van der Waals surface area contributed by atoms with Gasteiger partial charge in [-0.2, -0.15) is 12.6 Å². The Morgan fingerprint density at radius 2 is 1.94 bits per heavy atom. The molecule has 0 amide bonds. The molecule has 1 N–H and O–H groups in total. The zero-order chi connectivity index (χ0) is 12.6. The Bertz CT molecular complexity index is 276. The summed E-state index contributed by atoms with van der Waals surface area (Å²) in [4.78, 5) is 10.4. The molecule has 0 bridgehead atoms. The third-order valence-electron chi connectivity index (χ3n) is 2.24. The van der Waals surface area contributed by atoms with Gasteiger partial charge in [0.25, 0.3) is 0 Å². The summed E-state index contributed by atoms with van der Waals surface area (Å²) in [6, 6.07) is 0. The Hall–Kier alpha value is -0.700. The van der Waals surface area contributed by atoms with Gasteiger partial charge in [0.15, 0.2) is 0 Å². The van der Waals surface area contributed by atoms with Crippen molar-refractivity contribution in [3.63, 3.8) is 0 Å². The second-order valence-corrected chi connectivity index (χ2v) is 5.09. The molecule has 0 aromatic rings. The van der Waals surface area contributed by atoms with Crippen molar-refractivity contribution in [1.82, 2.24) is 0 Å². The van der Waals surface area contributed by atoms with Crippen molar-refractivity contribution in [2.45, 2.75) is 51.7 Å². The number of rotatable bonds is 7. The number of carbonyl (C=O) groups is 1. The van der Waals surface area contributed by atoms with Gasteiger partial charge >= 0.3 is 5.97 Å². The van der Waals surface area contributed by atoms with Gasteiger partial charge in [0.1, 0.15) is 0 Å². The fourth-order valence-corrected chi connectivity index (χ4v) is 1.57. The van der Waals surface area contributed by atoms with E-state index in [1.54, 1.807) is 0 Å². The predicted molar refractivity (Wildman–Crippen MR) is 72.1 cm³/mol. The molecule has 0 fully saturated rings. The van der Waals surface area contributed by atoms with Crippen LogP contribution in [0.4, 0.5) is 0 Å². The van der Waals surface area contributed by atoms with Crippen molar-refractivity contribution in [3.8, 4) is 0 Å². The average molecular weight is 242 g/mol. The molecule has 0 aromatic heterocycles. The van der Waals surface area contributed by atoms with E-state index >= 15 is 0 Å². The summed E-state index contributed by atoms with van der Waals surface area (Å²) >= 11 is 4.23. The number of aliphatic carboxylic acids is 1. The van der Waals surface area contributed by atoms with E-state index in [0.29, 0.717) is 0 Å². The summed E-state index contributed by atoms with van der Waals surface area (Å²) in [5, 5.41) is 8.50. The first-order valence-corrected chi connectivity index (χ1v) is 6.12. The maximum Gasteiger partial charge on any atom is 0.304 e. The van der Waals surface area contributed by atoms with Crippen molar-refractivity contribution < 1.29 is 9.90 Å². The molecule has 0 aliphatic heterocycles. The van der Waals surface area contributed by atoms with Crippen LogP contribution in [-0.2, 0) is 4.79 Å². The van der Waals surface area contributed by atoms with Gasteiger partial charge in [-0.3, -0.25) is 4.79 Å². The Balaban J connectivity index is 3.86. The van der Waals surface area contributed by atoms with Gasteiger partial charge in [0.05, 0.1) is 6.42 Å². The van der Waals surface area contributed by atoms with Gasteiger partial charge in [-0.15, -0.1) is 0 Å². The third-order valence-corrected chi connectivity index (χ3v) is 2.63. The van der Waals surface area contributed by atoms with Crippen LogP contribution in [0.15, 0.2) is 23.3 Å². The highest BCUT2D eigenvalue weighted by molar-refractivity contribution is 7.81. The molecule has 16 heavy (non-hydrogen) atoms. The Morgan fingerprint density at radius 3 is 2.44 bits per heavy atom. The minimum atomic E-state index is -0.782. The van der Waals surface area contributed by atoms with Crippen LogP contribution >= 0.6 is 12.6 Å². The molecule has 0 aliphatic rings. The first kappa shape index (κ1) is 15.3. The Kier molecular flexibility index (Phi) is 8.08. The first-order chi connectivity index (χ1) is 7.41. The van der Waals surface area contributed by atoms with Gasteiger partial charge in [-0.25, -0.2) is 0 Å². The van der Waals surface area contributed by atoms with Crippen molar-refractivity contribution in [2.24, 2.45) is 0 Å². The number of carboxylic acid groups (broad SMARTS) is 1. The topological polar surface area (TPSA) is 37.3 Å². The molecule has 1 atom stereocenters. The van der Waals surface area contributed by atoms with Crippen LogP contribution in [0.5, 0.6) is 0 Å². The molecule has 0 aromatic carbocycles. The van der Waals surface area contributed by atoms with Crippen LogP contribution in [0.1, 0.15) is 46.5 Å². The van der Waals surface area contributed by atoms with Gasteiger partial charge in [0.2, 0.25) is 0 Å². The van der Waals surface area contributed by atoms with Gasteiger partial charge in [-0.05, 0) is 40.0 Å². The van der Waals surface area contributed by atoms with Crippen LogP contribution in [-0.4, -0.2) is 16.3 Å². The second kappa shape index (κ2) is 8.45. The maximum atomic E-state index is 10.4. The minimum absolute atomic E-state index is 0.0732.